The molecular formula is C13H18N2O. The second-order valence-electron chi connectivity index (χ2n) is 5.15. The van der Waals surface area contributed by atoms with Crippen LogP contribution in [0.2, 0.25) is 0 Å². The van der Waals surface area contributed by atoms with Gasteiger partial charge in [0.1, 0.15) is 5.75 Å². The first-order valence-electron chi connectivity index (χ1n) is 5.50. The predicted octanol–water partition coefficient (Wildman–Crippen LogP) is 2.76. The third kappa shape index (κ3) is 2.36. The van der Waals surface area contributed by atoms with E-state index in [1.54, 1.807) is 12.1 Å². The van der Waals surface area contributed by atoms with Crippen LogP contribution in [0.25, 0.3) is 10.9 Å². The van der Waals surface area contributed by atoms with Gasteiger partial charge in [-0.2, -0.15) is 0 Å². The number of benzene rings is 1. The van der Waals surface area contributed by atoms with E-state index in [1.807, 2.05) is 12.3 Å². The lowest BCUT2D eigenvalue weighted by molar-refractivity contribution is 0.425. The van der Waals surface area contributed by atoms with Crippen molar-refractivity contribution in [3.05, 3.63) is 30.0 Å². The Morgan fingerprint density at radius 1 is 1.31 bits per heavy atom. The third-order valence-corrected chi connectivity index (χ3v) is 2.56. The minimum absolute atomic E-state index is 0.0976. The molecule has 1 aromatic carbocycles. The van der Waals surface area contributed by atoms with Gasteiger partial charge in [-0.1, -0.05) is 0 Å². The van der Waals surface area contributed by atoms with Crippen LogP contribution < -0.4 is 5.32 Å². The summed E-state index contributed by atoms with van der Waals surface area (Å²) >= 11 is 0. The van der Waals surface area contributed by atoms with Gasteiger partial charge in [-0.3, -0.25) is 0 Å². The molecule has 0 aliphatic carbocycles. The normalized spacial score (nSPS) is 12.2. The number of aromatic nitrogens is 1. The Morgan fingerprint density at radius 3 is 2.75 bits per heavy atom. The molecule has 0 amide bonds. The van der Waals surface area contributed by atoms with Gasteiger partial charge in [-0.05, 0) is 44.5 Å². The highest BCUT2D eigenvalue weighted by Gasteiger charge is 2.10. The quantitative estimate of drug-likeness (QED) is 0.726. The van der Waals surface area contributed by atoms with Crippen molar-refractivity contribution in [1.82, 2.24) is 10.3 Å². The number of hydrogen-bond donors (Lipinski definition) is 3. The molecule has 0 aliphatic rings. The van der Waals surface area contributed by atoms with Crippen LogP contribution >= 0.6 is 0 Å². The number of fused-ring (bicyclic) bond motifs is 1. The molecule has 0 fully saturated rings. The summed E-state index contributed by atoms with van der Waals surface area (Å²) in [6, 6.07) is 5.39. The summed E-state index contributed by atoms with van der Waals surface area (Å²) in [6.07, 6.45) is 1.99. The Kier molecular flexibility index (Phi) is 2.64. The van der Waals surface area contributed by atoms with E-state index in [0.717, 1.165) is 17.4 Å². The second-order valence-corrected chi connectivity index (χ2v) is 5.15. The summed E-state index contributed by atoms with van der Waals surface area (Å²) < 4.78 is 0. The van der Waals surface area contributed by atoms with E-state index in [9.17, 15) is 5.11 Å². The Labute approximate surface area is 95.5 Å². The molecule has 0 unspecified atom stereocenters. The van der Waals surface area contributed by atoms with Gasteiger partial charge in [0, 0.05) is 29.2 Å². The lowest BCUT2D eigenvalue weighted by Gasteiger charge is -2.20. The first kappa shape index (κ1) is 11.0. The van der Waals surface area contributed by atoms with Crippen LogP contribution in [0.4, 0.5) is 0 Å². The first-order valence-corrected chi connectivity index (χ1v) is 5.50. The third-order valence-electron chi connectivity index (χ3n) is 2.56. The summed E-state index contributed by atoms with van der Waals surface area (Å²) in [4.78, 5) is 3.20. The average Bonchev–Trinajstić information content (AvgIpc) is 2.56. The van der Waals surface area contributed by atoms with Gasteiger partial charge >= 0.3 is 0 Å². The molecule has 16 heavy (non-hydrogen) atoms. The SMILES string of the molecule is CC(C)(C)NCc1c[nH]c2ccc(O)cc12. The average molecular weight is 218 g/mol. The zero-order valence-corrected chi connectivity index (χ0v) is 9.96. The molecule has 0 atom stereocenters. The van der Waals surface area contributed by atoms with Crippen molar-refractivity contribution in [3.63, 3.8) is 0 Å². The molecule has 0 saturated heterocycles. The molecule has 0 aliphatic heterocycles. The first-order chi connectivity index (χ1) is 7.46. The van der Waals surface area contributed by atoms with Crippen molar-refractivity contribution in [2.45, 2.75) is 32.9 Å². The summed E-state index contributed by atoms with van der Waals surface area (Å²) in [7, 11) is 0. The maximum atomic E-state index is 9.47. The monoisotopic (exact) mass is 218 g/mol. The van der Waals surface area contributed by atoms with Crippen LogP contribution in [0.3, 0.4) is 0 Å². The van der Waals surface area contributed by atoms with Crippen molar-refractivity contribution in [2.24, 2.45) is 0 Å². The Hall–Kier alpha value is -1.48. The van der Waals surface area contributed by atoms with E-state index in [4.69, 9.17) is 0 Å². The van der Waals surface area contributed by atoms with Gasteiger partial charge in [0.05, 0.1) is 0 Å². The molecular weight excluding hydrogens is 200 g/mol. The van der Waals surface area contributed by atoms with E-state index in [0.29, 0.717) is 5.75 Å². The van der Waals surface area contributed by atoms with Gasteiger partial charge in [0.25, 0.3) is 0 Å². The van der Waals surface area contributed by atoms with Crippen LogP contribution in [-0.2, 0) is 6.54 Å². The lowest BCUT2D eigenvalue weighted by atomic mass is 10.1. The van der Waals surface area contributed by atoms with Gasteiger partial charge in [-0.15, -0.1) is 0 Å². The van der Waals surface area contributed by atoms with E-state index < -0.39 is 0 Å². The minimum Gasteiger partial charge on any atom is -0.508 e. The molecule has 0 spiro atoms. The molecule has 86 valence electrons. The van der Waals surface area contributed by atoms with Crippen molar-refractivity contribution >= 4 is 10.9 Å². The molecule has 0 radical (unpaired) electrons. The number of rotatable bonds is 2. The van der Waals surface area contributed by atoms with Gasteiger partial charge < -0.3 is 15.4 Å². The van der Waals surface area contributed by atoms with Crippen LogP contribution in [0.5, 0.6) is 5.75 Å². The smallest absolute Gasteiger partial charge is 0.116 e. The standard InChI is InChI=1S/C13H18N2O/c1-13(2,3)15-8-9-7-14-12-5-4-10(16)6-11(9)12/h4-7,14-16H,8H2,1-3H3. The Morgan fingerprint density at radius 2 is 2.06 bits per heavy atom. The van der Waals surface area contributed by atoms with Gasteiger partial charge in [0.15, 0.2) is 0 Å². The zero-order valence-electron chi connectivity index (χ0n) is 9.96. The fraction of sp³-hybridized carbons (Fsp3) is 0.385. The number of aromatic hydroxyl groups is 1. The van der Waals surface area contributed by atoms with Crippen molar-refractivity contribution in [1.29, 1.82) is 0 Å². The van der Waals surface area contributed by atoms with E-state index in [1.165, 1.54) is 5.56 Å². The summed E-state index contributed by atoms with van der Waals surface area (Å²) in [5.74, 6) is 0.309. The molecule has 1 heterocycles. The summed E-state index contributed by atoms with van der Waals surface area (Å²) in [5.41, 5.74) is 2.34. The van der Waals surface area contributed by atoms with Crippen LogP contribution in [0.15, 0.2) is 24.4 Å². The number of hydrogen-bond acceptors (Lipinski definition) is 2. The molecule has 1 aromatic heterocycles. The highest BCUT2D eigenvalue weighted by Crippen LogP contribution is 2.23. The van der Waals surface area contributed by atoms with E-state index >= 15 is 0 Å². The molecule has 3 nitrogen and oxygen atoms in total. The number of phenols is 1. The summed E-state index contributed by atoms with van der Waals surface area (Å²) in [6.45, 7) is 7.21. The molecule has 2 rings (SSSR count). The zero-order chi connectivity index (χ0) is 11.8. The molecule has 3 heteroatoms. The van der Waals surface area contributed by atoms with Crippen molar-refractivity contribution < 1.29 is 5.11 Å². The fourth-order valence-electron chi connectivity index (χ4n) is 1.67. The molecule has 0 bridgehead atoms. The highest BCUT2D eigenvalue weighted by molar-refractivity contribution is 5.84. The highest BCUT2D eigenvalue weighted by atomic mass is 16.3. The minimum atomic E-state index is 0.0976. The maximum absolute atomic E-state index is 9.47. The van der Waals surface area contributed by atoms with E-state index in [2.05, 4.69) is 31.1 Å². The van der Waals surface area contributed by atoms with Crippen LogP contribution in [-0.4, -0.2) is 15.6 Å². The van der Waals surface area contributed by atoms with Gasteiger partial charge in [-0.25, -0.2) is 0 Å². The molecule has 0 saturated carbocycles. The van der Waals surface area contributed by atoms with Crippen LogP contribution in [0, 0.1) is 0 Å². The lowest BCUT2D eigenvalue weighted by Crippen LogP contribution is -2.34. The Bertz CT molecular complexity index is 494. The van der Waals surface area contributed by atoms with Crippen molar-refractivity contribution in [2.75, 3.05) is 0 Å². The number of phenolic OH excluding ortho intramolecular Hbond substituents is 1. The van der Waals surface area contributed by atoms with E-state index in [-0.39, 0.29) is 5.54 Å². The topological polar surface area (TPSA) is 48.0 Å². The second kappa shape index (κ2) is 3.83. The maximum Gasteiger partial charge on any atom is 0.116 e. The summed E-state index contributed by atoms with van der Waals surface area (Å²) in [5, 5.41) is 14.0. The number of H-pyrrole nitrogens is 1. The van der Waals surface area contributed by atoms with Crippen molar-refractivity contribution in [3.8, 4) is 5.75 Å². The number of aromatic amines is 1. The predicted molar refractivity (Wildman–Crippen MR) is 66.6 cm³/mol. The number of nitrogens with one attached hydrogen (secondary N) is 2. The Balaban J connectivity index is 2.28. The van der Waals surface area contributed by atoms with Crippen LogP contribution in [0.1, 0.15) is 26.3 Å². The fourth-order valence-corrected chi connectivity index (χ4v) is 1.67. The van der Waals surface area contributed by atoms with Gasteiger partial charge in [0.2, 0.25) is 0 Å². The molecule has 3 N–H and O–H groups in total. The molecule has 2 aromatic rings. The largest absolute Gasteiger partial charge is 0.508 e.